The zero-order valence-electron chi connectivity index (χ0n) is 19.4. The quantitative estimate of drug-likeness (QED) is 0.541. The molecule has 1 heterocycles. The highest BCUT2D eigenvalue weighted by molar-refractivity contribution is 7.89. The molecule has 35 heavy (non-hydrogen) atoms. The summed E-state index contributed by atoms with van der Waals surface area (Å²) in [6, 6.07) is 7.21. The van der Waals surface area contributed by atoms with E-state index >= 15 is 0 Å². The van der Waals surface area contributed by atoms with Gasteiger partial charge in [0.25, 0.3) is 5.91 Å². The summed E-state index contributed by atoms with van der Waals surface area (Å²) >= 11 is 0. The van der Waals surface area contributed by atoms with Crippen LogP contribution >= 0.6 is 0 Å². The van der Waals surface area contributed by atoms with Crippen LogP contribution in [-0.4, -0.2) is 45.2 Å². The highest BCUT2D eigenvalue weighted by Crippen LogP contribution is 2.45. The van der Waals surface area contributed by atoms with E-state index in [1.165, 1.54) is 18.2 Å². The molecule has 2 aromatic carbocycles. The average molecular weight is 504 g/mol. The number of carbonyl (C=O) groups is 1. The van der Waals surface area contributed by atoms with E-state index in [2.05, 4.69) is 9.74 Å². The number of likely N-dealkylation sites (tertiary alicyclic amines) is 1. The SMILES string of the molecule is [C-]#[N+]c1cc(CN2CCC(COc3cc(F)c(C(=O)NS(C)(=O)=O)cc3C3CC3)CC2)ccc1F. The third-order valence-corrected chi connectivity index (χ3v) is 6.91. The molecule has 1 N–H and O–H groups in total. The molecule has 186 valence electrons. The number of halogens is 2. The Kier molecular flexibility index (Phi) is 7.38. The van der Waals surface area contributed by atoms with Crippen LogP contribution < -0.4 is 9.46 Å². The molecule has 10 heteroatoms. The summed E-state index contributed by atoms with van der Waals surface area (Å²) in [5, 5.41) is 0. The van der Waals surface area contributed by atoms with Crippen LogP contribution in [0.3, 0.4) is 0 Å². The molecule has 2 aliphatic rings. The molecule has 1 aliphatic carbocycles. The lowest BCUT2D eigenvalue weighted by Crippen LogP contribution is -2.35. The van der Waals surface area contributed by atoms with Crippen LogP contribution in [0.5, 0.6) is 5.75 Å². The highest BCUT2D eigenvalue weighted by atomic mass is 32.2. The van der Waals surface area contributed by atoms with E-state index < -0.39 is 27.6 Å². The lowest BCUT2D eigenvalue weighted by atomic mass is 9.97. The molecule has 0 radical (unpaired) electrons. The Morgan fingerprint density at radius 3 is 2.49 bits per heavy atom. The Hall–Kier alpha value is -3.03. The van der Waals surface area contributed by atoms with E-state index in [9.17, 15) is 22.0 Å². The number of ether oxygens (including phenoxy) is 1. The van der Waals surface area contributed by atoms with Gasteiger partial charge in [-0.1, -0.05) is 6.07 Å². The molecular weight excluding hydrogens is 476 g/mol. The summed E-state index contributed by atoms with van der Waals surface area (Å²) < 4.78 is 58.7. The van der Waals surface area contributed by atoms with Gasteiger partial charge in [0.2, 0.25) is 15.7 Å². The Balaban J connectivity index is 1.35. The molecule has 1 saturated carbocycles. The van der Waals surface area contributed by atoms with E-state index in [0.717, 1.165) is 56.2 Å². The number of sulfonamides is 1. The summed E-state index contributed by atoms with van der Waals surface area (Å²) in [5.41, 5.74) is 1.36. The van der Waals surface area contributed by atoms with E-state index in [4.69, 9.17) is 11.3 Å². The fourth-order valence-electron chi connectivity index (χ4n) is 4.33. The number of rotatable bonds is 8. The minimum absolute atomic E-state index is 0.0318. The Morgan fingerprint density at radius 2 is 1.86 bits per heavy atom. The molecule has 1 amide bonds. The summed E-state index contributed by atoms with van der Waals surface area (Å²) in [6.07, 6.45) is 4.43. The largest absolute Gasteiger partial charge is 0.493 e. The lowest BCUT2D eigenvalue weighted by Gasteiger charge is -2.32. The second-order valence-corrected chi connectivity index (χ2v) is 11.0. The molecule has 0 aromatic heterocycles. The number of hydrogen-bond acceptors (Lipinski definition) is 5. The summed E-state index contributed by atoms with van der Waals surface area (Å²) in [4.78, 5) is 17.7. The maximum Gasteiger partial charge on any atom is 0.267 e. The molecule has 1 aliphatic heterocycles. The van der Waals surface area contributed by atoms with Crippen molar-refractivity contribution in [3.05, 3.63) is 70.1 Å². The molecule has 0 spiro atoms. The number of carbonyl (C=O) groups excluding carboxylic acids is 1. The van der Waals surface area contributed by atoms with Crippen molar-refractivity contribution >= 4 is 21.6 Å². The van der Waals surface area contributed by atoms with Crippen molar-refractivity contribution in [2.24, 2.45) is 5.92 Å². The van der Waals surface area contributed by atoms with Crippen molar-refractivity contribution in [1.82, 2.24) is 9.62 Å². The van der Waals surface area contributed by atoms with Gasteiger partial charge in [0.1, 0.15) is 17.4 Å². The van der Waals surface area contributed by atoms with E-state index in [1.54, 1.807) is 12.1 Å². The van der Waals surface area contributed by atoms with Gasteiger partial charge >= 0.3 is 0 Å². The molecule has 0 unspecified atom stereocenters. The van der Waals surface area contributed by atoms with E-state index in [-0.39, 0.29) is 23.1 Å². The third-order valence-electron chi connectivity index (χ3n) is 6.36. The highest BCUT2D eigenvalue weighted by Gasteiger charge is 2.30. The Morgan fingerprint density at radius 1 is 1.14 bits per heavy atom. The monoisotopic (exact) mass is 503 g/mol. The fourth-order valence-corrected chi connectivity index (χ4v) is 4.77. The summed E-state index contributed by atoms with van der Waals surface area (Å²) in [5.74, 6) is -1.46. The number of piperidine rings is 1. The number of hydrogen-bond donors (Lipinski definition) is 1. The van der Waals surface area contributed by atoms with Crippen LogP contribution in [0.15, 0.2) is 30.3 Å². The Labute approximate surface area is 204 Å². The predicted octanol–water partition coefficient (Wildman–Crippen LogP) is 4.37. The number of nitrogens with zero attached hydrogens (tertiary/aromatic N) is 2. The maximum absolute atomic E-state index is 14.7. The van der Waals surface area contributed by atoms with E-state index in [0.29, 0.717) is 18.9 Å². The van der Waals surface area contributed by atoms with E-state index in [1.807, 2.05) is 4.72 Å². The molecule has 4 rings (SSSR count). The number of amides is 1. The van der Waals surface area contributed by atoms with Crippen molar-refractivity contribution in [2.45, 2.75) is 38.1 Å². The predicted molar refractivity (Wildman–Crippen MR) is 127 cm³/mol. The van der Waals surface area contributed by atoms with Gasteiger partial charge in [0, 0.05) is 12.6 Å². The molecular formula is C25H27F2N3O4S. The van der Waals surface area contributed by atoms with Crippen LogP contribution in [-0.2, 0) is 16.6 Å². The minimum atomic E-state index is -3.80. The Bertz CT molecular complexity index is 1260. The standard InChI is InChI=1S/C25H27F2N3O4S/c1-28-23-11-17(3-6-21(23)26)14-30-9-7-16(8-10-30)15-34-24-13-22(27)20(12-19(24)18-4-5-18)25(31)29-35(2,32)33/h3,6,11-13,16,18H,4-5,7-10,14-15H2,2H3,(H,29,31). The van der Waals surface area contributed by atoms with Crippen molar-refractivity contribution < 1.29 is 26.7 Å². The second kappa shape index (κ2) is 10.3. The van der Waals surface area contributed by atoms with Crippen LogP contribution in [0.25, 0.3) is 4.85 Å². The first-order chi connectivity index (χ1) is 16.6. The molecule has 0 atom stereocenters. The van der Waals surface area contributed by atoms with Gasteiger partial charge in [-0.3, -0.25) is 9.69 Å². The molecule has 2 fully saturated rings. The van der Waals surface area contributed by atoms with Gasteiger partial charge in [-0.05, 0) is 79.9 Å². The summed E-state index contributed by atoms with van der Waals surface area (Å²) in [6.45, 7) is 9.77. The van der Waals surface area contributed by atoms with Crippen LogP contribution in [0.4, 0.5) is 14.5 Å². The number of nitrogens with one attached hydrogen (secondary N) is 1. The second-order valence-electron chi connectivity index (χ2n) is 9.28. The molecule has 0 bridgehead atoms. The molecule has 2 aromatic rings. The van der Waals surface area contributed by atoms with Crippen molar-refractivity contribution in [1.29, 1.82) is 0 Å². The van der Waals surface area contributed by atoms with Crippen LogP contribution in [0, 0.1) is 24.1 Å². The lowest BCUT2D eigenvalue weighted by molar-refractivity contribution is 0.0977. The van der Waals surface area contributed by atoms with Crippen molar-refractivity contribution in [2.75, 3.05) is 26.0 Å². The van der Waals surface area contributed by atoms with Gasteiger partial charge in [-0.25, -0.2) is 26.8 Å². The fraction of sp³-hybridized carbons (Fsp3) is 0.440. The summed E-state index contributed by atoms with van der Waals surface area (Å²) in [7, 11) is -3.80. The van der Waals surface area contributed by atoms with Crippen LogP contribution in [0.1, 0.15) is 53.1 Å². The number of benzene rings is 2. The first-order valence-electron chi connectivity index (χ1n) is 11.5. The van der Waals surface area contributed by atoms with Gasteiger partial charge in [0.05, 0.1) is 25.0 Å². The van der Waals surface area contributed by atoms with Gasteiger partial charge < -0.3 is 4.74 Å². The first kappa shape index (κ1) is 25.1. The topological polar surface area (TPSA) is 80.1 Å². The van der Waals surface area contributed by atoms with Crippen molar-refractivity contribution in [3.63, 3.8) is 0 Å². The van der Waals surface area contributed by atoms with Gasteiger partial charge in [-0.2, -0.15) is 0 Å². The zero-order chi connectivity index (χ0) is 25.2. The third kappa shape index (κ3) is 6.55. The minimum Gasteiger partial charge on any atom is -0.493 e. The average Bonchev–Trinajstić information content (AvgIpc) is 3.64. The van der Waals surface area contributed by atoms with Crippen molar-refractivity contribution in [3.8, 4) is 5.75 Å². The molecule has 7 nitrogen and oxygen atoms in total. The maximum atomic E-state index is 14.7. The zero-order valence-corrected chi connectivity index (χ0v) is 20.2. The first-order valence-corrected chi connectivity index (χ1v) is 13.4. The molecule has 1 saturated heterocycles. The van der Waals surface area contributed by atoms with Gasteiger partial charge in [0.15, 0.2) is 0 Å². The normalized spacial score (nSPS) is 17.1. The smallest absolute Gasteiger partial charge is 0.267 e. The van der Waals surface area contributed by atoms with Crippen LogP contribution in [0.2, 0.25) is 0 Å². The van der Waals surface area contributed by atoms with Gasteiger partial charge in [-0.15, -0.1) is 0 Å².